The van der Waals surface area contributed by atoms with Gasteiger partial charge in [0.2, 0.25) is 17.8 Å². The maximum atomic E-state index is 12.3. The van der Waals surface area contributed by atoms with Crippen molar-refractivity contribution in [3.63, 3.8) is 0 Å². The minimum atomic E-state index is -0.335. The van der Waals surface area contributed by atoms with Crippen molar-refractivity contribution in [2.45, 2.75) is 31.7 Å². The van der Waals surface area contributed by atoms with Gasteiger partial charge in [-0.05, 0) is 37.5 Å². The van der Waals surface area contributed by atoms with E-state index in [1.807, 2.05) is 6.07 Å². The second kappa shape index (κ2) is 12.1. The molecular formula is C22H27ClN6O4. The van der Waals surface area contributed by atoms with Crippen LogP contribution in [0, 0.1) is 5.92 Å². The van der Waals surface area contributed by atoms with Crippen LogP contribution in [0.4, 0.5) is 23.1 Å². The number of anilines is 4. The number of hydroxylamine groups is 1. The van der Waals surface area contributed by atoms with Gasteiger partial charge in [-0.2, -0.15) is 4.98 Å². The number of halogens is 1. The molecule has 1 aromatic carbocycles. The number of para-hydroxylation sites is 2. The summed E-state index contributed by atoms with van der Waals surface area (Å²) in [7, 11) is 0. The molecule has 0 bridgehead atoms. The third-order valence-electron chi connectivity index (χ3n) is 5.11. The predicted molar refractivity (Wildman–Crippen MR) is 126 cm³/mol. The first-order valence-corrected chi connectivity index (χ1v) is 11.0. The van der Waals surface area contributed by atoms with Crippen LogP contribution in [-0.2, 0) is 14.4 Å². The van der Waals surface area contributed by atoms with Gasteiger partial charge in [-0.15, -0.1) is 0 Å². The lowest BCUT2D eigenvalue weighted by Crippen LogP contribution is -2.38. The fraction of sp³-hybridized carbons (Fsp3) is 0.364. The van der Waals surface area contributed by atoms with Gasteiger partial charge in [0, 0.05) is 12.0 Å². The average Bonchev–Trinajstić information content (AvgIpc) is 2.82. The Balaban J connectivity index is 1.67. The second-order valence-corrected chi connectivity index (χ2v) is 7.90. The van der Waals surface area contributed by atoms with E-state index < -0.39 is 0 Å². The third kappa shape index (κ3) is 7.14. The van der Waals surface area contributed by atoms with E-state index in [0.29, 0.717) is 34.6 Å². The first-order chi connectivity index (χ1) is 16.0. The molecule has 1 fully saturated rings. The molecule has 10 nitrogen and oxygen atoms in total. The zero-order valence-corrected chi connectivity index (χ0v) is 18.8. The quantitative estimate of drug-likeness (QED) is 0.201. The number of nitrogens with one attached hydrogen (secondary N) is 4. The highest BCUT2D eigenvalue weighted by Crippen LogP contribution is 2.30. The molecule has 1 aromatic heterocycles. The summed E-state index contributed by atoms with van der Waals surface area (Å²) in [6, 6.07) is 7.14. The van der Waals surface area contributed by atoms with Gasteiger partial charge in [0.05, 0.1) is 30.8 Å². The Morgan fingerprint density at radius 1 is 1.27 bits per heavy atom. The normalized spacial score (nSPS) is 17.6. The fourth-order valence-corrected chi connectivity index (χ4v) is 3.67. The molecule has 11 heteroatoms. The number of aromatic nitrogens is 2. The van der Waals surface area contributed by atoms with Crippen LogP contribution in [-0.4, -0.2) is 46.1 Å². The van der Waals surface area contributed by atoms with Crippen LogP contribution < -0.4 is 21.4 Å². The van der Waals surface area contributed by atoms with Crippen molar-refractivity contribution in [2.24, 2.45) is 5.92 Å². The number of nitrogens with zero attached hydrogens (tertiary/aromatic N) is 2. The van der Waals surface area contributed by atoms with Crippen molar-refractivity contribution < 1.29 is 19.5 Å². The largest absolute Gasteiger partial charge is 0.394 e. The molecule has 176 valence electrons. The second-order valence-electron chi connectivity index (χ2n) is 7.50. The number of aliphatic hydroxyl groups excluding tert-OH is 1. The molecule has 1 aliphatic rings. The number of amides is 2. The minimum Gasteiger partial charge on any atom is -0.394 e. The van der Waals surface area contributed by atoms with Gasteiger partial charge in [0.25, 0.3) is 0 Å². The first kappa shape index (κ1) is 24.4. The highest BCUT2D eigenvalue weighted by atomic mass is 35.5. The lowest BCUT2D eigenvalue weighted by Gasteiger charge is -2.29. The molecule has 0 radical (unpaired) electrons. The summed E-state index contributed by atoms with van der Waals surface area (Å²) in [4.78, 5) is 37.6. The van der Waals surface area contributed by atoms with Gasteiger partial charge in [-0.1, -0.05) is 36.7 Å². The van der Waals surface area contributed by atoms with Gasteiger partial charge in [0.1, 0.15) is 5.02 Å². The Bertz CT molecular complexity index is 989. The maximum absolute atomic E-state index is 12.3. The SMILES string of the molecule is C=CC(=O)Nc1ccccc1Nc1nc(NC2CCCC(C(=O)NOCCO)C2)ncc1Cl. The third-order valence-corrected chi connectivity index (χ3v) is 5.39. The molecule has 5 N–H and O–H groups in total. The van der Waals surface area contributed by atoms with Crippen molar-refractivity contribution >= 4 is 46.6 Å². The number of benzene rings is 1. The van der Waals surface area contributed by atoms with Crippen LogP contribution >= 0.6 is 11.6 Å². The zero-order chi connectivity index (χ0) is 23.6. The smallest absolute Gasteiger partial charge is 0.247 e. The molecule has 2 aromatic rings. The molecule has 2 amide bonds. The van der Waals surface area contributed by atoms with Gasteiger partial charge < -0.3 is 21.1 Å². The molecule has 2 atom stereocenters. The molecule has 2 unspecified atom stereocenters. The zero-order valence-electron chi connectivity index (χ0n) is 18.0. The van der Waals surface area contributed by atoms with Crippen molar-refractivity contribution in [1.29, 1.82) is 0 Å². The predicted octanol–water partition coefficient (Wildman–Crippen LogP) is 3.01. The van der Waals surface area contributed by atoms with E-state index in [4.69, 9.17) is 21.5 Å². The molecule has 1 aliphatic carbocycles. The molecule has 0 spiro atoms. The Morgan fingerprint density at radius 3 is 2.82 bits per heavy atom. The molecule has 3 rings (SSSR count). The van der Waals surface area contributed by atoms with Crippen molar-refractivity contribution in [3.05, 3.63) is 48.1 Å². The number of carbonyl (C=O) groups is 2. The van der Waals surface area contributed by atoms with Crippen LogP contribution in [0.2, 0.25) is 5.02 Å². The molecule has 1 saturated carbocycles. The summed E-state index contributed by atoms with van der Waals surface area (Å²) in [6.45, 7) is 3.35. The molecule has 33 heavy (non-hydrogen) atoms. The number of carbonyl (C=O) groups excluding carboxylic acids is 2. The summed E-state index contributed by atoms with van der Waals surface area (Å²) < 4.78 is 0. The number of rotatable bonds is 10. The molecule has 0 aliphatic heterocycles. The summed E-state index contributed by atoms with van der Waals surface area (Å²) >= 11 is 6.30. The Morgan fingerprint density at radius 2 is 2.06 bits per heavy atom. The Labute approximate surface area is 196 Å². The van der Waals surface area contributed by atoms with Crippen molar-refractivity contribution in [3.8, 4) is 0 Å². The minimum absolute atomic E-state index is 0.000494. The summed E-state index contributed by atoms with van der Waals surface area (Å²) in [5, 5.41) is 18.2. The average molecular weight is 475 g/mol. The van der Waals surface area contributed by atoms with E-state index in [2.05, 4.69) is 38.0 Å². The fourth-order valence-electron chi connectivity index (χ4n) is 3.53. The molecule has 0 saturated heterocycles. The summed E-state index contributed by atoms with van der Waals surface area (Å²) in [5.41, 5.74) is 3.54. The van der Waals surface area contributed by atoms with E-state index in [0.717, 1.165) is 19.3 Å². The van der Waals surface area contributed by atoms with E-state index in [-0.39, 0.29) is 37.0 Å². The van der Waals surface area contributed by atoms with E-state index >= 15 is 0 Å². The van der Waals surface area contributed by atoms with Crippen LogP contribution in [0.5, 0.6) is 0 Å². The Kier molecular flexibility index (Phi) is 8.99. The maximum Gasteiger partial charge on any atom is 0.247 e. The van der Waals surface area contributed by atoms with Crippen LogP contribution in [0.25, 0.3) is 0 Å². The van der Waals surface area contributed by atoms with Crippen LogP contribution in [0.1, 0.15) is 25.7 Å². The standard InChI is InChI=1S/C22H27ClN6O4/c1-2-19(31)26-17-8-3-4-9-18(17)27-20-16(23)13-24-22(28-20)25-15-7-5-6-14(12-15)21(32)29-33-11-10-30/h2-4,8-9,13-15,30H,1,5-7,10-12H2,(H,26,31)(H,29,32)(H2,24,25,27,28). The van der Waals surface area contributed by atoms with Gasteiger partial charge in [-0.3, -0.25) is 14.4 Å². The van der Waals surface area contributed by atoms with E-state index in [9.17, 15) is 9.59 Å². The van der Waals surface area contributed by atoms with Crippen LogP contribution in [0.3, 0.4) is 0 Å². The van der Waals surface area contributed by atoms with Crippen LogP contribution in [0.15, 0.2) is 43.1 Å². The van der Waals surface area contributed by atoms with E-state index in [1.165, 1.54) is 12.3 Å². The summed E-state index contributed by atoms with van der Waals surface area (Å²) in [6.07, 6.45) is 5.76. The first-order valence-electron chi connectivity index (χ1n) is 10.6. The number of hydrogen-bond acceptors (Lipinski definition) is 8. The summed E-state index contributed by atoms with van der Waals surface area (Å²) in [5.74, 6) is -0.000178. The number of hydrogen-bond donors (Lipinski definition) is 5. The highest BCUT2D eigenvalue weighted by molar-refractivity contribution is 6.33. The number of aliphatic hydroxyl groups is 1. The van der Waals surface area contributed by atoms with Gasteiger partial charge in [-0.25, -0.2) is 10.5 Å². The van der Waals surface area contributed by atoms with Crippen molar-refractivity contribution in [2.75, 3.05) is 29.2 Å². The van der Waals surface area contributed by atoms with Gasteiger partial charge >= 0.3 is 0 Å². The Hall–Kier alpha value is -3.21. The monoisotopic (exact) mass is 474 g/mol. The van der Waals surface area contributed by atoms with Gasteiger partial charge in [0.15, 0.2) is 5.82 Å². The van der Waals surface area contributed by atoms with Crippen molar-refractivity contribution in [1.82, 2.24) is 15.4 Å². The van der Waals surface area contributed by atoms with E-state index in [1.54, 1.807) is 18.2 Å². The lowest BCUT2D eigenvalue weighted by atomic mass is 9.85. The highest BCUT2D eigenvalue weighted by Gasteiger charge is 2.28. The molecule has 1 heterocycles. The molecular weight excluding hydrogens is 448 g/mol. The lowest BCUT2D eigenvalue weighted by molar-refractivity contribution is -0.139. The topological polar surface area (TPSA) is 138 Å².